The minimum absolute atomic E-state index is 0.127. The van der Waals surface area contributed by atoms with Crippen LogP contribution < -0.4 is 10.2 Å². The molecule has 0 bridgehead atoms. The van der Waals surface area contributed by atoms with Crippen molar-refractivity contribution < 1.29 is 4.79 Å². The highest BCUT2D eigenvalue weighted by Gasteiger charge is 2.16. The maximum absolute atomic E-state index is 12.8. The maximum Gasteiger partial charge on any atom is 0.255 e. The molecule has 0 spiro atoms. The Hall–Kier alpha value is -3.60. The van der Waals surface area contributed by atoms with Crippen LogP contribution in [0.15, 0.2) is 66.7 Å². The van der Waals surface area contributed by atoms with Crippen molar-refractivity contribution in [3.63, 3.8) is 0 Å². The third-order valence-electron chi connectivity index (χ3n) is 5.31. The van der Waals surface area contributed by atoms with Crippen molar-refractivity contribution in [2.24, 2.45) is 0 Å². The van der Waals surface area contributed by atoms with Gasteiger partial charge in [-0.1, -0.05) is 48.0 Å². The van der Waals surface area contributed by atoms with Crippen LogP contribution in [0.4, 0.5) is 11.4 Å². The standard InChI is InChI=1S/C25H26N4O/c1-4-29(5-2)23-16-21-20(26-24(27-21)18-13-11-17(3)12-14-18)15-22(23)28-25(30)19-9-7-6-8-10-19/h6-16H,4-5H2,1-3H3,(H,26,27)(H,28,30). The molecule has 5 nitrogen and oxygen atoms in total. The van der Waals surface area contributed by atoms with Crippen LogP contribution in [0.25, 0.3) is 22.4 Å². The first-order chi connectivity index (χ1) is 14.6. The SMILES string of the molecule is CCN(CC)c1cc2[nH]c(-c3ccc(C)cc3)nc2cc1NC(=O)c1ccccc1. The average molecular weight is 399 g/mol. The van der Waals surface area contributed by atoms with E-state index in [9.17, 15) is 4.79 Å². The van der Waals surface area contributed by atoms with E-state index in [2.05, 4.69) is 66.3 Å². The molecule has 2 N–H and O–H groups in total. The predicted octanol–water partition coefficient (Wildman–Crippen LogP) is 5.64. The van der Waals surface area contributed by atoms with E-state index in [1.54, 1.807) is 0 Å². The largest absolute Gasteiger partial charge is 0.370 e. The van der Waals surface area contributed by atoms with Crippen LogP contribution in [0.1, 0.15) is 29.8 Å². The van der Waals surface area contributed by atoms with Gasteiger partial charge in [-0.05, 0) is 45.0 Å². The van der Waals surface area contributed by atoms with Gasteiger partial charge in [0.25, 0.3) is 5.91 Å². The lowest BCUT2D eigenvalue weighted by Gasteiger charge is -2.24. The molecule has 5 heteroatoms. The summed E-state index contributed by atoms with van der Waals surface area (Å²) in [4.78, 5) is 23.2. The Morgan fingerprint density at radius 1 is 1.00 bits per heavy atom. The van der Waals surface area contributed by atoms with E-state index < -0.39 is 0 Å². The molecule has 1 aromatic heterocycles. The lowest BCUT2D eigenvalue weighted by Crippen LogP contribution is -2.24. The predicted molar refractivity (Wildman–Crippen MR) is 124 cm³/mol. The van der Waals surface area contributed by atoms with Crippen molar-refractivity contribution in [1.29, 1.82) is 0 Å². The summed E-state index contributed by atoms with van der Waals surface area (Å²) in [5, 5.41) is 3.09. The second-order valence-electron chi connectivity index (χ2n) is 7.33. The van der Waals surface area contributed by atoms with E-state index in [1.165, 1.54) is 5.56 Å². The zero-order chi connectivity index (χ0) is 21.1. The molecule has 1 amide bonds. The van der Waals surface area contributed by atoms with Crippen LogP contribution in [0.3, 0.4) is 0 Å². The molecule has 4 rings (SSSR count). The Labute approximate surface area is 176 Å². The van der Waals surface area contributed by atoms with Gasteiger partial charge >= 0.3 is 0 Å². The third-order valence-corrected chi connectivity index (χ3v) is 5.31. The first-order valence-corrected chi connectivity index (χ1v) is 10.3. The number of carbonyl (C=O) groups excluding carboxylic acids is 1. The van der Waals surface area contributed by atoms with Crippen molar-refractivity contribution in [2.45, 2.75) is 20.8 Å². The number of benzene rings is 3. The van der Waals surface area contributed by atoms with Gasteiger partial charge in [0.05, 0.1) is 22.4 Å². The number of aromatic nitrogens is 2. The fourth-order valence-electron chi connectivity index (χ4n) is 3.60. The molecule has 30 heavy (non-hydrogen) atoms. The van der Waals surface area contributed by atoms with Gasteiger partial charge < -0.3 is 15.2 Å². The van der Waals surface area contributed by atoms with Crippen molar-refractivity contribution in [1.82, 2.24) is 9.97 Å². The summed E-state index contributed by atoms with van der Waals surface area (Å²) in [7, 11) is 0. The number of nitrogens with zero attached hydrogens (tertiary/aromatic N) is 2. The molecule has 0 radical (unpaired) electrons. The Kier molecular flexibility index (Phi) is 5.53. The molecule has 0 fully saturated rings. The maximum atomic E-state index is 12.8. The van der Waals surface area contributed by atoms with E-state index >= 15 is 0 Å². The molecule has 0 aliphatic heterocycles. The number of aromatic amines is 1. The van der Waals surface area contributed by atoms with E-state index in [0.29, 0.717) is 5.56 Å². The molecule has 1 heterocycles. The normalized spacial score (nSPS) is 10.9. The van der Waals surface area contributed by atoms with Crippen molar-refractivity contribution >= 4 is 28.3 Å². The summed E-state index contributed by atoms with van der Waals surface area (Å²) in [6.07, 6.45) is 0. The number of hydrogen-bond donors (Lipinski definition) is 2. The van der Waals surface area contributed by atoms with Gasteiger partial charge in [-0.25, -0.2) is 4.98 Å². The Balaban J connectivity index is 1.77. The topological polar surface area (TPSA) is 61.0 Å². The quantitative estimate of drug-likeness (QED) is 0.442. The highest BCUT2D eigenvalue weighted by Crippen LogP contribution is 2.32. The molecule has 0 atom stereocenters. The number of carbonyl (C=O) groups is 1. The van der Waals surface area contributed by atoms with Crippen LogP contribution in [0.2, 0.25) is 0 Å². The van der Waals surface area contributed by atoms with Crippen LogP contribution in [-0.4, -0.2) is 29.0 Å². The molecular weight excluding hydrogens is 372 g/mol. The molecule has 4 aromatic rings. The number of nitrogens with one attached hydrogen (secondary N) is 2. The summed E-state index contributed by atoms with van der Waals surface area (Å²) in [6, 6.07) is 21.6. The number of hydrogen-bond acceptors (Lipinski definition) is 3. The van der Waals surface area contributed by atoms with Crippen LogP contribution in [0.5, 0.6) is 0 Å². The number of anilines is 2. The van der Waals surface area contributed by atoms with Crippen molar-refractivity contribution in [2.75, 3.05) is 23.3 Å². The Bertz CT molecular complexity index is 1160. The minimum Gasteiger partial charge on any atom is -0.370 e. The van der Waals surface area contributed by atoms with Gasteiger partial charge in [-0.2, -0.15) is 0 Å². The summed E-state index contributed by atoms with van der Waals surface area (Å²) in [5.74, 6) is 0.694. The minimum atomic E-state index is -0.127. The average Bonchev–Trinajstić information content (AvgIpc) is 3.18. The first kappa shape index (κ1) is 19.7. The van der Waals surface area contributed by atoms with E-state index in [0.717, 1.165) is 46.9 Å². The van der Waals surface area contributed by atoms with Gasteiger partial charge in [0.2, 0.25) is 0 Å². The number of amides is 1. The van der Waals surface area contributed by atoms with Gasteiger partial charge in [0.1, 0.15) is 5.82 Å². The summed E-state index contributed by atoms with van der Waals surface area (Å²) in [5.41, 5.74) is 6.40. The van der Waals surface area contributed by atoms with Gasteiger partial charge in [-0.15, -0.1) is 0 Å². The second kappa shape index (κ2) is 8.41. The smallest absolute Gasteiger partial charge is 0.255 e. The van der Waals surface area contributed by atoms with Crippen LogP contribution >= 0.6 is 0 Å². The molecule has 0 aliphatic carbocycles. The Morgan fingerprint density at radius 2 is 1.70 bits per heavy atom. The first-order valence-electron chi connectivity index (χ1n) is 10.3. The van der Waals surface area contributed by atoms with E-state index in [4.69, 9.17) is 4.98 Å². The summed E-state index contributed by atoms with van der Waals surface area (Å²) < 4.78 is 0. The van der Waals surface area contributed by atoms with E-state index in [-0.39, 0.29) is 5.91 Å². The zero-order valence-electron chi connectivity index (χ0n) is 17.6. The molecule has 0 aliphatic rings. The number of aryl methyl sites for hydroxylation is 1. The van der Waals surface area contributed by atoms with Crippen molar-refractivity contribution in [3.8, 4) is 11.4 Å². The van der Waals surface area contributed by atoms with Crippen molar-refractivity contribution in [3.05, 3.63) is 77.9 Å². The van der Waals surface area contributed by atoms with Crippen LogP contribution in [0, 0.1) is 6.92 Å². The second-order valence-corrected chi connectivity index (χ2v) is 7.33. The summed E-state index contributed by atoms with van der Waals surface area (Å²) in [6.45, 7) is 7.98. The fraction of sp³-hybridized carbons (Fsp3) is 0.200. The summed E-state index contributed by atoms with van der Waals surface area (Å²) >= 11 is 0. The molecule has 152 valence electrons. The number of fused-ring (bicyclic) bond motifs is 1. The van der Waals surface area contributed by atoms with Gasteiger partial charge in [-0.3, -0.25) is 4.79 Å². The number of rotatable bonds is 6. The number of H-pyrrole nitrogens is 1. The highest BCUT2D eigenvalue weighted by atomic mass is 16.1. The third kappa shape index (κ3) is 3.92. The van der Waals surface area contributed by atoms with E-state index in [1.807, 2.05) is 36.4 Å². The fourth-order valence-corrected chi connectivity index (χ4v) is 3.60. The number of imidazole rings is 1. The molecule has 0 unspecified atom stereocenters. The van der Waals surface area contributed by atoms with Crippen LogP contribution in [-0.2, 0) is 0 Å². The van der Waals surface area contributed by atoms with Gasteiger partial charge in [0.15, 0.2) is 0 Å². The lowest BCUT2D eigenvalue weighted by molar-refractivity contribution is 0.102. The lowest BCUT2D eigenvalue weighted by atomic mass is 10.1. The molecule has 0 saturated carbocycles. The highest BCUT2D eigenvalue weighted by molar-refractivity contribution is 6.07. The monoisotopic (exact) mass is 398 g/mol. The Morgan fingerprint density at radius 3 is 2.37 bits per heavy atom. The molecule has 0 saturated heterocycles. The molecular formula is C25H26N4O. The molecule has 3 aromatic carbocycles. The zero-order valence-corrected chi connectivity index (χ0v) is 17.6. The van der Waals surface area contributed by atoms with Gasteiger partial charge in [0, 0.05) is 24.2 Å².